The normalized spacial score (nSPS) is 16.9. The molecule has 1 aliphatic carbocycles. The lowest BCUT2D eigenvalue weighted by Crippen LogP contribution is -2.11. The highest BCUT2D eigenvalue weighted by molar-refractivity contribution is 8.08. The van der Waals surface area contributed by atoms with Gasteiger partial charge in [0.05, 0.1) is 0 Å². The monoisotopic (exact) mass is 424 g/mol. The van der Waals surface area contributed by atoms with Crippen LogP contribution in [0.2, 0.25) is 0 Å². The zero-order valence-electron chi connectivity index (χ0n) is 19.0. The summed E-state index contributed by atoms with van der Waals surface area (Å²) in [7, 11) is 4.14. The SMILES string of the molecule is C[N+](C)=C1C=CC(=C/C=C2/C=C(c3ccccc3)Sc3ccc(C(C)(C)C)cc32)C=C1. The van der Waals surface area contributed by atoms with E-state index in [1.54, 1.807) is 0 Å². The van der Waals surface area contributed by atoms with Gasteiger partial charge < -0.3 is 0 Å². The third-order valence-corrected chi connectivity index (χ3v) is 6.74. The van der Waals surface area contributed by atoms with Gasteiger partial charge in [-0.1, -0.05) is 81.1 Å². The summed E-state index contributed by atoms with van der Waals surface area (Å²) in [5.41, 5.74) is 7.75. The van der Waals surface area contributed by atoms with E-state index in [1.807, 2.05) is 11.8 Å². The third-order valence-electron chi connectivity index (χ3n) is 5.59. The number of thioether (sulfide) groups is 1. The number of hydrogen-bond donors (Lipinski definition) is 0. The lowest BCUT2D eigenvalue weighted by atomic mass is 9.85. The average Bonchev–Trinajstić information content (AvgIpc) is 2.77. The van der Waals surface area contributed by atoms with Crippen molar-refractivity contribution in [3.05, 3.63) is 113 Å². The van der Waals surface area contributed by atoms with Crippen molar-refractivity contribution in [2.45, 2.75) is 31.1 Å². The maximum absolute atomic E-state index is 2.37. The van der Waals surface area contributed by atoms with Gasteiger partial charge in [0.25, 0.3) is 0 Å². The Morgan fingerprint density at radius 2 is 1.55 bits per heavy atom. The zero-order valence-corrected chi connectivity index (χ0v) is 19.8. The maximum atomic E-state index is 2.37. The topological polar surface area (TPSA) is 3.01 Å². The van der Waals surface area contributed by atoms with Crippen molar-refractivity contribution in [2.75, 3.05) is 14.1 Å². The van der Waals surface area contributed by atoms with Gasteiger partial charge in [0, 0.05) is 22.0 Å². The molecule has 2 aliphatic rings. The van der Waals surface area contributed by atoms with E-state index in [0.717, 1.165) is 0 Å². The van der Waals surface area contributed by atoms with Crippen molar-refractivity contribution in [3.63, 3.8) is 0 Å². The first-order chi connectivity index (χ1) is 14.8. The van der Waals surface area contributed by atoms with Crippen molar-refractivity contribution in [1.82, 2.24) is 0 Å². The first kappa shape index (κ1) is 21.4. The summed E-state index contributed by atoms with van der Waals surface area (Å²) in [6.07, 6.45) is 15.5. The van der Waals surface area contributed by atoms with Gasteiger partial charge in [-0.05, 0) is 63.6 Å². The second-order valence-corrected chi connectivity index (χ2v) is 10.3. The molecule has 2 aromatic rings. The van der Waals surface area contributed by atoms with E-state index < -0.39 is 0 Å². The van der Waals surface area contributed by atoms with Gasteiger partial charge >= 0.3 is 0 Å². The molecule has 2 aromatic carbocycles. The quantitative estimate of drug-likeness (QED) is 0.458. The Hall–Kier alpha value is -2.84. The summed E-state index contributed by atoms with van der Waals surface area (Å²) in [6.45, 7) is 6.83. The van der Waals surface area contributed by atoms with Gasteiger partial charge in [0.1, 0.15) is 14.1 Å². The third kappa shape index (κ3) is 4.91. The van der Waals surface area contributed by atoms with Crippen LogP contribution < -0.4 is 0 Å². The van der Waals surface area contributed by atoms with Crippen LogP contribution in [0.25, 0.3) is 10.5 Å². The summed E-state index contributed by atoms with van der Waals surface area (Å²) < 4.78 is 2.12. The molecule has 1 heterocycles. The van der Waals surface area contributed by atoms with Gasteiger partial charge in [-0.2, -0.15) is 0 Å². The number of hydrogen-bond acceptors (Lipinski definition) is 1. The van der Waals surface area contributed by atoms with E-state index in [2.05, 4.69) is 131 Å². The van der Waals surface area contributed by atoms with Crippen LogP contribution in [-0.4, -0.2) is 24.4 Å². The van der Waals surface area contributed by atoms with Crippen LogP contribution in [0.15, 0.2) is 102 Å². The van der Waals surface area contributed by atoms with Crippen LogP contribution in [0.5, 0.6) is 0 Å². The fourth-order valence-corrected chi connectivity index (χ4v) is 4.73. The predicted molar refractivity (Wildman–Crippen MR) is 137 cm³/mol. The number of benzene rings is 2. The molecule has 0 atom stereocenters. The summed E-state index contributed by atoms with van der Waals surface area (Å²) in [5.74, 6) is 0. The predicted octanol–water partition coefficient (Wildman–Crippen LogP) is 7.28. The summed E-state index contributed by atoms with van der Waals surface area (Å²) in [5, 5.41) is 0. The second kappa shape index (κ2) is 8.72. The summed E-state index contributed by atoms with van der Waals surface area (Å²) in [4.78, 5) is 2.61. The molecule has 0 spiro atoms. The first-order valence-electron chi connectivity index (χ1n) is 10.7. The minimum absolute atomic E-state index is 0.125. The van der Waals surface area contributed by atoms with Crippen LogP contribution >= 0.6 is 11.8 Å². The molecule has 1 aliphatic heterocycles. The molecule has 0 unspecified atom stereocenters. The van der Waals surface area contributed by atoms with Crippen LogP contribution in [0.1, 0.15) is 37.5 Å². The largest absolute Gasteiger partial charge is 0.235 e. The Kier molecular flexibility index (Phi) is 6.02. The van der Waals surface area contributed by atoms with E-state index in [4.69, 9.17) is 0 Å². The molecule has 0 N–H and O–H groups in total. The van der Waals surface area contributed by atoms with Crippen molar-refractivity contribution in [1.29, 1.82) is 0 Å². The average molecular weight is 425 g/mol. The molecule has 4 rings (SSSR count). The second-order valence-electron chi connectivity index (χ2n) is 9.21. The molecule has 0 aromatic heterocycles. The zero-order chi connectivity index (χ0) is 22.0. The van der Waals surface area contributed by atoms with Crippen LogP contribution in [-0.2, 0) is 5.41 Å². The Morgan fingerprint density at radius 1 is 0.839 bits per heavy atom. The van der Waals surface area contributed by atoms with Gasteiger partial charge in [-0.3, -0.25) is 0 Å². The van der Waals surface area contributed by atoms with Crippen molar-refractivity contribution in [3.8, 4) is 0 Å². The van der Waals surface area contributed by atoms with E-state index >= 15 is 0 Å². The van der Waals surface area contributed by atoms with Crippen molar-refractivity contribution < 1.29 is 4.58 Å². The van der Waals surface area contributed by atoms with E-state index in [9.17, 15) is 0 Å². The van der Waals surface area contributed by atoms with Gasteiger partial charge in [-0.15, -0.1) is 0 Å². The Balaban J connectivity index is 1.78. The molecule has 0 radical (unpaired) electrons. The standard InChI is InChI=1S/C29H30NS/c1-29(2,3)24-15-18-27-26(20-24)23(19-28(31-27)22-9-7-6-8-10-22)14-11-21-12-16-25(17-13-21)30(4)5/h6-20H,1-5H3/q+1/b23-14-. The lowest BCUT2D eigenvalue weighted by molar-refractivity contribution is -0.462. The maximum Gasteiger partial charge on any atom is 0.199 e. The fraction of sp³-hybridized carbons (Fsp3) is 0.207. The number of rotatable bonds is 2. The van der Waals surface area contributed by atoms with Crippen molar-refractivity contribution in [2.24, 2.45) is 0 Å². The van der Waals surface area contributed by atoms with Crippen molar-refractivity contribution >= 4 is 28.0 Å². The number of fused-ring (bicyclic) bond motifs is 1. The molecule has 1 nitrogen and oxygen atoms in total. The summed E-state index contributed by atoms with van der Waals surface area (Å²) >= 11 is 1.86. The molecule has 0 saturated carbocycles. The highest BCUT2D eigenvalue weighted by Crippen LogP contribution is 2.45. The Bertz CT molecular complexity index is 1160. The minimum Gasteiger partial charge on any atom is -0.235 e. The van der Waals surface area contributed by atoms with Gasteiger partial charge in [0.2, 0.25) is 0 Å². The highest BCUT2D eigenvalue weighted by Gasteiger charge is 2.21. The molecule has 0 bridgehead atoms. The van der Waals surface area contributed by atoms with E-state index in [-0.39, 0.29) is 5.41 Å². The molecule has 0 fully saturated rings. The van der Waals surface area contributed by atoms with Crippen LogP contribution in [0.4, 0.5) is 0 Å². The van der Waals surface area contributed by atoms with Crippen LogP contribution in [0.3, 0.4) is 0 Å². The molecular weight excluding hydrogens is 394 g/mol. The van der Waals surface area contributed by atoms with Crippen LogP contribution in [0, 0.1) is 0 Å². The summed E-state index contributed by atoms with van der Waals surface area (Å²) in [6, 6.07) is 17.6. The Morgan fingerprint density at radius 3 is 2.19 bits per heavy atom. The molecule has 2 heteroatoms. The molecular formula is C29H30NS+. The minimum atomic E-state index is 0.125. The van der Waals surface area contributed by atoms with Gasteiger partial charge in [0.15, 0.2) is 5.71 Å². The molecule has 0 saturated heterocycles. The Labute approximate surface area is 190 Å². The molecule has 31 heavy (non-hydrogen) atoms. The van der Waals surface area contributed by atoms with E-state index in [0.29, 0.717) is 0 Å². The first-order valence-corrected chi connectivity index (χ1v) is 11.6. The molecule has 156 valence electrons. The van der Waals surface area contributed by atoms with E-state index in [1.165, 1.54) is 43.3 Å². The number of allylic oxidation sites excluding steroid dienone is 9. The number of nitrogens with zero attached hydrogens (tertiary/aromatic N) is 1. The lowest BCUT2D eigenvalue weighted by Gasteiger charge is -2.24. The smallest absolute Gasteiger partial charge is 0.199 e. The van der Waals surface area contributed by atoms with Gasteiger partial charge in [-0.25, -0.2) is 4.58 Å². The fourth-order valence-electron chi connectivity index (χ4n) is 3.63. The highest BCUT2D eigenvalue weighted by atomic mass is 32.2. The molecule has 0 amide bonds.